The van der Waals surface area contributed by atoms with Crippen LogP contribution in [-0.4, -0.2) is 89.0 Å². The number of anilines is 1. The molecule has 0 saturated carbocycles. The molecular weight excluding hydrogens is 718 g/mol. The summed E-state index contributed by atoms with van der Waals surface area (Å²) in [5.74, 6) is -12.1. The Morgan fingerprint density at radius 2 is 1.41 bits per heavy atom. The van der Waals surface area contributed by atoms with Gasteiger partial charge in [0.15, 0.2) is 29.6 Å². The third-order valence-electron chi connectivity index (χ3n) is 6.64. The molecule has 15 nitrogen and oxygen atoms in total. The quantitative estimate of drug-likeness (QED) is 0.0657. The minimum Gasteiger partial charge on any atom is -0.483 e. The van der Waals surface area contributed by atoms with Gasteiger partial charge >= 0.3 is 23.9 Å². The lowest BCUT2D eigenvalue weighted by atomic mass is 9.98. The molecular formula is C31H35F4NO14S. The van der Waals surface area contributed by atoms with Crippen LogP contribution in [0.25, 0.3) is 0 Å². The van der Waals surface area contributed by atoms with Gasteiger partial charge in [-0.2, -0.15) is 17.2 Å². The van der Waals surface area contributed by atoms with Gasteiger partial charge in [0, 0.05) is 51.6 Å². The van der Waals surface area contributed by atoms with Gasteiger partial charge in [-0.1, -0.05) is 0 Å². The Bertz CT molecular complexity index is 1680. The van der Waals surface area contributed by atoms with Crippen molar-refractivity contribution in [1.82, 2.24) is 0 Å². The van der Waals surface area contributed by atoms with E-state index in [1.807, 2.05) is 0 Å². The predicted molar refractivity (Wildman–Crippen MR) is 164 cm³/mol. The highest BCUT2D eigenvalue weighted by Gasteiger charge is 2.53. The normalized spacial score (nSPS) is 20.1. The Labute approximate surface area is 289 Å². The summed E-state index contributed by atoms with van der Waals surface area (Å²) < 4.78 is 122. The lowest BCUT2D eigenvalue weighted by Gasteiger charge is -2.44. The van der Waals surface area contributed by atoms with Crippen LogP contribution in [0.2, 0.25) is 0 Å². The summed E-state index contributed by atoms with van der Waals surface area (Å²) in [6.45, 7) is 2.78. The van der Waals surface area contributed by atoms with E-state index in [4.69, 9.17) is 33.2 Å². The van der Waals surface area contributed by atoms with Gasteiger partial charge in [0.05, 0.1) is 12.9 Å². The number of nitrogens with one attached hydrogen (secondary N) is 1. The molecule has 282 valence electrons. The molecule has 0 amide bonds. The number of carbonyl (C=O) groups excluding carboxylic acids is 4. The first kappa shape index (κ1) is 40.7. The summed E-state index contributed by atoms with van der Waals surface area (Å²) in [5.41, 5.74) is 0.261. The van der Waals surface area contributed by atoms with E-state index < -0.39 is 107 Å². The number of rotatable bonds is 16. The van der Waals surface area contributed by atoms with Crippen molar-refractivity contribution in [2.45, 2.75) is 71.4 Å². The summed E-state index contributed by atoms with van der Waals surface area (Å²) in [6.07, 6.45) is -6.76. The fourth-order valence-corrected chi connectivity index (χ4v) is 5.09. The Balaban J connectivity index is 2.04. The van der Waals surface area contributed by atoms with Gasteiger partial charge in [0.25, 0.3) is 10.1 Å². The van der Waals surface area contributed by atoms with E-state index in [1.54, 1.807) is 0 Å². The van der Waals surface area contributed by atoms with Crippen molar-refractivity contribution in [3.63, 3.8) is 0 Å². The SMILES string of the molecule is CC(=O)OC[C@H]1O[C@@H](Oc2ccc(NCCCOS(C)(=O)=O)cc2COc2c(F)c(F)cc(F)c2F)[C@H](OC(C)=O)[C@@H](OC(C)=O)[C@H]1OC(C)=O. The maximum Gasteiger partial charge on any atom is 0.303 e. The van der Waals surface area contributed by atoms with Gasteiger partial charge in [-0.25, -0.2) is 8.78 Å². The molecule has 2 aromatic rings. The van der Waals surface area contributed by atoms with E-state index in [2.05, 4.69) is 9.50 Å². The summed E-state index contributed by atoms with van der Waals surface area (Å²) >= 11 is 0. The standard InChI is InChI=1S/C31H35F4NO14S/c1-15(37)43-14-24-27(46-16(2)38)29(47-17(3)39)30(48-18(4)40)31(50-24)49-23-8-7-20(36-9-6-10-45-51(5,41)42)11-19(23)13-44-28-25(34)21(32)12-22(33)26(28)35/h7-8,11-12,24,27,29-31,36H,6,9-10,13-14H2,1-5H3/t24-,27+,29+,30-,31-/m1/s1. The highest BCUT2D eigenvalue weighted by Crippen LogP contribution is 2.34. The number of esters is 4. The van der Waals surface area contributed by atoms with Gasteiger partial charge in [-0.15, -0.1) is 0 Å². The summed E-state index contributed by atoms with van der Waals surface area (Å²) in [4.78, 5) is 48.0. The van der Waals surface area contributed by atoms with Crippen LogP contribution in [-0.2, 0) is 63.8 Å². The lowest BCUT2D eigenvalue weighted by molar-refractivity contribution is -0.288. The zero-order valence-electron chi connectivity index (χ0n) is 27.9. The third kappa shape index (κ3) is 12.2. The summed E-state index contributed by atoms with van der Waals surface area (Å²) in [6, 6.07) is 4.06. The number of carbonyl (C=O) groups is 4. The van der Waals surface area contributed by atoms with Crippen molar-refractivity contribution < 1.29 is 82.5 Å². The molecule has 51 heavy (non-hydrogen) atoms. The smallest absolute Gasteiger partial charge is 0.303 e. The van der Waals surface area contributed by atoms with Crippen LogP contribution in [0.1, 0.15) is 39.7 Å². The van der Waals surface area contributed by atoms with E-state index in [-0.39, 0.29) is 37.0 Å². The highest BCUT2D eigenvalue weighted by atomic mass is 32.2. The molecule has 1 aliphatic rings. The van der Waals surface area contributed by atoms with E-state index in [0.717, 1.165) is 34.0 Å². The number of hydrogen-bond donors (Lipinski definition) is 1. The van der Waals surface area contributed by atoms with Crippen molar-refractivity contribution in [3.05, 3.63) is 53.1 Å². The van der Waals surface area contributed by atoms with Crippen molar-refractivity contribution in [2.24, 2.45) is 0 Å². The van der Waals surface area contributed by atoms with Crippen LogP contribution in [0.3, 0.4) is 0 Å². The number of hydrogen-bond acceptors (Lipinski definition) is 15. The molecule has 0 spiro atoms. The predicted octanol–water partition coefficient (Wildman–Crippen LogP) is 3.06. The van der Waals surface area contributed by atoms with Gasteiger partial charge < -0.3 is 38.5 Å². The molecule has 0 aromatic heterocycles. The molecule has 0 radical (unpaired) electrons. The molecule has 0 aliphatic carbocycles. The second kappa shape index (κ2) is 18.0. The summed E-state index contributed by atoms with van der Waals surface area (Å²) in [7, 11) is -3.68. The monoisotopic (exact) mass is 753 g/mol. The molecule has 0 bridgehead atoms. The maximum absolute atomic E-state index is 14.5. The average molecular weight is 754 g/mol. The van der Waals surface area contributed by atoms with Crippen LogP contribution in [0.5, 0.6) is 11.5 Å². The van der Waals surface area contributed by atoms with E-state index in [1.165, 1.54) is 18.2 Å². The zero-order chi connectivity index (χ0) is 38.0. The Kier molecular flexibility index (Phi) is 14.4. The second-order valence-corrected chi connectivity index (χ2v) is 12.5. The van der Waals surface area contributed by atoms with Gasteiger partial charge in [0.2, 0.25) is 24.0 Å². The molecule has 20 heteroatoms. The Morgan fingerprint density at radius 1 is 0.824 bits per heavy atom. The largest absolute Gasteiger partial charge is 0.483 e. The van der Waals surface area contributed by atoms with Gasteiger partial charge in [0.1, 0.15) is 25.1 Å². The molecule has 1 aliphatic heterocycles. The first-order valence-electron chi connectivity index (χ1n) is 15.0. The first-order chi connectivity index (χ1) is 23.9. The third-order valence-corrected chi connectivity index (χ3v) is 7.24. The summed E-state index contributed by atoms with van der Waals surface area (Å²) in [5, 5.41) is 2.95. The van der Waals surface area contributed by atoms with Gasteiger partial charge in [-0.05, 0) is 24.6 Å². The Hall–Kier alpha value is -4.69. The minimum atomic E-state index is -3.68. The second-order valence-electron chi connectivity index (χ2n) is 10.9. The molecule has 5 atom stereocenters. The van der Waals surface area contributed by atoms with Crippen LogP contribution in [0.4, 0.5) is 23.2 Å². The lowest BCUT2D eigenvalue weighted by Crippen LogP contribution is -2.63. The average Bonchev–Trinajstić information content (AvgIpc) is 3.01. The topological polar surface area (TPSA) is 188 Å². The van der Waals surface area contributed by atoms with Crippen LogP contribution in [0, 0.1) is 23.3 Å². The molecule has 1 N–H and O–H groups in total. The highest BCUT2D eigenvalue weighted by molar-refractivity contribution is 7.85. The van der Waals surface area contributed by atoms with E-state index in [9.17, 15) is 45.2 Å². The maximum atomic E-state index is 14.5. The number of benzene rings is 2. The number of halogens is 4. The molecule has 2 aromatic carbocycles. The Morgan fingerprint density at radius 3 is 1.98 bits per heavy atom. The van der Waals surface area contributed by atoms with Crippen molar-refractivity contribution in [1.29, 1.82) is 0 Å². The van der Waals surface area contributed by atoms with Crippen LogP contribution < -0.4 is 14.8 Å². The molecule has 1 fully saturated rings. The van der Waals surface area contributed by atoms with Crippen molar-refractivity contribution in [3.8, 4) is 11.5 Å². The van der Waals surface area contributed by atoms with E-state index >= 15 is 0 Å². The van der Waals surface area contributed by atoms with E-state index in [0.29, 0.717) is 5.69 Å². The first-order valence-corrected chi connectivity index (χ1v) is 16.8. The zero-order valence-corrected chi connectivity index (χ0v) is 28.7. The minimum absolute atomic E-state index is 0.00542. The number of ether oxygens (including phenoxy) is 7. The van der Waals surface area contributed by atoms with Gasteiger partial charge in [-0.3, -0.25) is 23.4 Å². The molecule has 1 saturated heterocycles. The molecule has 0 unspecified atom stereocenters. The van der Waals surface area contributed by atoms with Crippen molar-refractivity contribution >= 4 is 39.7 Å². The van der Waals surface area contributed by atoms with Crippen LogP contribution in [0.15, 0.2) is 24.3 Å². The fourth-order valence-electron chi connectivity index (χ4n) is 4.67. The molecule has 1 heterocycles. The van der Waals surface area contributed by atoms with Crippen LogP contribution >= 0.6 is 0 Å². The fraction of sp³-hybridized carbons (Fsp3) is 0.484. The van der Waals surface area contributed by atoms with Crippen molar-refractivity contribution in [2.75, 3.05) is 31.3 Å². The molecule has 3 rings (SSSR count).